The maximum Gasteiger partial charge on any atom is 0.328 e. The third kappa shape index (κ3) is 3.82. The molecule has 0 radical (unpaired) electrons. The van der Waals surface area contributed by atoms with Crippen LogP contribution in [0.3, 0.4) is 0 Å². The molecule has 1 unspecified atom stereocenters. The first-order valence-corrected chi connectivity index (χ1v) is 5.49. The van der Waals surface area contributed by atoms with E-state index in [1.165, 1.54) is 6.07 Å². The number of carbonyl (C=O) groups excluding carboxylic acids is 1. The van der Waals surface area contributed by atoms with Crippen LogP contribution in [-0.4, -0.2) is 18.6 Å². The van der Waals surface area contributed by atoms with Crippen LogP contribution in [0.1, 0.15) is 32.4 Å². The van der Waals surface area contributed by atoms with Gasteiger partial charge in [0.25, 0.3) is 0 Å². The van der Waals surface area contributed by atoms with E-state index in [9.17, 15) is 9.18 Å². The van der Waals surface area contributed by atoms with Gasteiger partial charge in [-0.3, -0.25) is 0 Å². The molecule has 17 heavy (non-hydrogen) atoms. The number of rotatable bonds is 3. The summed E-state index contributed by atoms with van der Waals surface area (Å²) in [7, 11) is 1.60. The summed E-state index contributed by atoms with van der Waals surface area (Å²) in [5.41, 5.74) is -0.290. The van der Waals surface area contributed by atoms with Crippen LogP contribution in [-0.2, 0) is 9.53 Å². The van der Waals surface area contributed by atoms with Gasteiger partial charge < -0.3 is 10.1 Å². The largest absolute Gasteiger partial charge is 0.459 e. The molecule has 0 aliphatic rings. The first kappa shape index (κ1) is 13.6. The van der Waals surface area contributed by atoms with Crippen LogP contribution in [0.4, 0.5) is 4.39 Å². The summed E-state index contributed by atoms with van der Waals surface area (Å²) in [6.45, 7) is 5.33. The minimum Gasteiger partial charge on any atom is -0.459 e. The van der Waals surface area contributed by atoms with Crippen molar-refractivity contribution < 1.29 is 13.9 Å². The highest BCUT2D eigenvalue weighted by Crippen LogP contribution is 2.20. The summed E-state index contributed by atoms with van der Waals surface area (Å²) >= 11 is 0. The van der Waals surface area contributed by atoms with E-state index in [-0.39, 0.29) is 0 Å². The maximum atomic E-state index is 13.6. The van der Waals surface area contributed by atoms with E-state index in [1.807, 2.05) is 0 Å². The Hall–Kier alpha value is -1.42. The third-order valence-electron chi connectivity index (χ3n) is 2.15. The average Bonchev–Trinajstić information content (AvgIpc) is 2.19. The molecule has 0 heterocycles. The van der Waals surface area contributed by atoms with E-state index < -0.39 is 23.4 Å². The maximum absolute atomic E-state index is 13.6. The molecule has 0 aliphatic heterocycles. The zero-order valence-electron chi connectivity index (χ0n) is 10.6. The SMILES string of the molecule is CNC(C(=O)OC(C)(C)C)c1ccccc1F. The Kier molecular flexibility index (Phi) is 4.23. The molecule has 4 heteroatoms. The van der Waals surface area contributed by atoms with Gasteiger partial charge in [-0.1, -0.05) is 18.2 Å². The lowest BCUT2D eigenvalue weighted by Gasteiger charge is -2.24. The lowest BCUT2D eigenvalue weighted by Crippen LogP contribution is -2.33. The number of halogens is 1. The van der Waals surface area contributed by atoms with Gasteiger partial charge in [-0.05, 0) is 33.9 Å². The Labute approximate surface area is 101 Å². The van der Waals surface area contributed by atoms with Crippen LogP contribution in [0.25, 0.3) is 0 Å². The fourth-order valence-corrected chi connectivity index (χ4v) is 1.47. The molecule has 1 rings (SSSR count). The van der Waals surface area contributed by atoms with Crippen molar-refractivity contribution in [1.82, 2.24) is 5.32 Å². The molecule has 3 nitrogen and oxygen atoms in total. The minimum atomic E-state index is -0.782. The van der Waals surface area contributed by atoms with Crippen LogP contribution < -0.4 is 5.32 Å². The molecule has 1 atom stereocenters. The van der Waals surface area contributed by atoms with E-state index in [4.69, 9.17) is 4.74 Å². The molecule has 1 aromatic rings. The summed E-state index contributed by atoms with van der Waals surface area (Å²) in [6, 6.07) is 5.38. The van der Waals surface area contributed by atoms with Crippen molar-refractivity contribution in [3.8, 4) is 0 Å². The second kappa shape index (κ2) is 5.27. The number of esters is 1. The predicted octanol–water partition coefficient (Wildman–Crippen LogP) is 2.43. The Morgan fingerprint density at radius 1 is 1.35 bits per heavy atom. The molecule has 1 aromatic carbocycles. The standard InChI is InChI=1S/C13H18FNO2/c1-13(2,3)17-12(16)11(15-4)9-7-5-6-8-10(9)14/h5-8,11,15H,1-4H3. The van der Waals surface area contributed by atoms with Gasteiger partial charge in [0.2, 0.25) is 0 Å². The zero-order chi connectivity index (χ0) is 13.1. The summed E-state index contributed by atoms with van der Waals surface area (Å²) < 4.78 is 18.8. The summed E-state index contributed by atoms with van der Waals surface area (Å²) in [5, 5.41) is 2.77. The van der Waals surface area contributed by atoms with Crippen molar-refractivity contribution in [3.05, 3.63) is 35.6 Å². The van der Waals surface area contributed by atoms with Gasteiger partial charge in [-0.25, -0.2) is 9.18 Å². The van der Waals surface area contributed by atoms with Crippen molar-refractivity contribution >= 4 is 5.97 Å². The van der Waals surface area contributed by atoms with Crippen LogP contribution >= 0.6 is 0 Å². The molecule has 1 N–H and O–H groups in total. The molecule has 0 saturated heterocycles. The molecule has 0 spiro atoms. The Morgan fingerprint density at radius 2 is 1.94 bits per heavy atom. The van der Waals surface area contributed by atoms with Crippen molar-refractivity contribution in [3.63, 3.8) is 0 Å². The number of likely N-dealkylation sites (N-methyl/N-ethyl adjacent to an activating group) is 1. The van der Waals surface area contributed by atoms with Gasteiger partial charge in [-0.2, -0.15) is 0 Å². The highest BCUT2D eigenvalue weighted by molar-refractivity contribution is 5.78. The van der Waals surface area contributed by atoms with Crippen LogP contribution in [0, 0.1) is 5.82 Å². The van der Waals surface area contributed by atoms with Crippen LogP contribution in [0.2, 0.25) is 0 Å². The first-order chi connectivity index (χ1) is 7.85. The normalized spacial score (nSPS) is 13.2. The van der Waals surface area contributed by atoms with Gasteiger partial charge in [0.05, 0.1) is 0 Å². The topological polar surface area (TPSA) is 38.3 Å². The van der Waals surface area contributed by atoms with Gasteiger partial charge >= 0.3 is 5.97 Å². The number of benzene rings is 1. The third-order valence-corrected chi connectivity index (χ3v) is 2.15. The Balaban J connectivity index is 2.93. The molecule has 0 fully saturated rings. The molecule has 0 amide bonds. The zero-order valence-corrected chi connectivity index (χ0v) is 10.6. The van der Waals surface area contributed by atoms with Gasteiger partial charge in [0.15, 0.2) is 0 Å². The van der Waals surface area contributed by atoms with E-state index >= 15 is 0 Å². The smallest absolute Gasteiger partial charge is 0.328 e. The Bertz CT molecular complexity index is 399. The number of carbonyl (C=O) groups is 1. The molecule has 0 bridgehead atoms. The first-order valence-electron chi connectivity index (χ1n) is 5.49. The Morgan fingerprint density at radius 3 is 2.41 bits per heavy atom. The van der Waals surface area contributed by atoms with E-state index in [0.717, 1.165) is 0 Å². The predicted molar refractivity (Wildman–Crippen MR) is 64.0 cm³/mol. The molecule has 0 aliphatic carbocycles. The van der Waals surface area contributed by atoms with Crippen LogP contribution in [0.5, 0.6) is 0 Å². The second-order valence-electron chi connectivity index (χ2n) is 4.78. The van der Waals surface area contributed by atoms with Crippen molar-refractivity contribution in [1.29, 1.82) is 0 Å². The quantitative estimate of drug-likeness (QED) is 0.823. The van der Waals surface area contributed by atoms with Gasteiger partial charge in [0, 0.05) is 5.56 Å². The monoisotopic (exact) mass is 239 g/mol. The van der Waals surface area contributed by atoms with E-state index in [0.29, 0.717) is 5.56 Å². The fraction of sp³-hybridized carbons (Fsp3) is 0.462. The van der Waals surface area contributed by atoms with Crippen molar-refractivity contribution in [2.45, 2.75) is 32.4 Å². The molecular formula is C13H18FNO2. The molecule has 94 valence electrons. The summed E-state index contributed by atoms with van der Waals surface area (Å²) in [5.74, 6) is -0.900. The minimum absolute atomic E-state index is 0.296. The van der Waals surface area contributed by atoms with Crippen molar-refractivity contribution in [2.75, 3.05) is 7.05 Å². The summed E-state index contributed by atoms with van der Waals surface area (Å²) in [4.78, 5) is 11.9. The number of hydrogen-bond donors (Lipinski definition) is 1. The molecule has 0 saturated carbocycles. The van der Waals surface area contributed by atoms with E-state index in [1.54, 1.807) is 46.0 Å². The average molecular weight is 239 g/mol. The summed E-state index contributed by atoms with van der Waals surface area (Å²) in [6.07, 6.45) is 0. The van der Waals surface area contributed by atoms with Crippen molar-refractivity contribution in [2.24, 2.45) is 0 Å². The second-order valence-corrected chi connectivity index (χ2v) is 4.78. The number of ether oxygens (including phenoxy) is 1. The molecule has 0 aromatic heterocycles. The van der Waals surface area contributed by atoms with Crippen LogP contribution in [0.15, 0.2) is 24.3 Å². The van der Waals surface area contributed by atoms with Gasteiger partial charge in [-0.15, -0.1) is 0 Å². The highest BCUT2D eigenvalue weighted by atomic mass is 19.1. The lowest BCUT2D eigenvalue weighted by molar-refractivity contribution is -0.157. The lowest BCUT2D eigenvalue weighted by atomic mass is 10.1. The van der Waals surface area contributed by atoms with Gasteiger partial charge in [0.1, 0.15) is 17.5 Å². The fourth-order valence-electron chi connectivity index (χ4n) is 1.47. The van der Waals surface area contributed by atoms with E-state index in [2.05, 4.69) is 5.32 Å². The molecular weight excluding hydrogens is 221 g/mol. The highest BCUT2D eigenvalue weighted by Gasteiger charge is 2.27. The number of nitrogens with one attached hydrogen (secondary N) is 1. The number of hydrogen-bond acceptors (Lipinski definition) is 3.